The van der Waals surface area contributed by atoms with Crippen molar-refractivity contribution in [2.24, 2.45) is 0 Å². The number of nitrogens with zero attached hydrogens (tertiary/aromatic N) is 4. The molecule has 7 heteroatoms. The van der Waals surface area contributed by atoms with E-state index in [-0.39, 0.29) is 5.56 Å². The Balaban J connectivity index is 1.66. The molecule has 0 saturated heterocycles. The molecule has 0 atom stereocenters. The highest BCUT2D eigenvalue weighted by Gasteiger charge is 2.10. The summed E-state index contributed by atoms with van der Waals surface area (Å²) in [4.78, 5) is 18.3. The van der Waals surface area contributed by atoms with E-state index in [1.165, 1.54) is 6.33 Å². The Kier molecular flexibility index (Phi) is 3.88. The number of rotatable bonds is 4. The van der Waals surface area contributed by atoms with Gasteiger partial charge in [-0.3, -0.25) is 4.79 Å². The second-order valence-electron chi connectivity index (χ2n) is 5.56. The third kappa shape index (κ3) is 3.07. The minimum absolute atomic E-state index is 0.110. The van der Waals surface area contributed by atoms with Crippen molar-refractivity contribution >= 4 is 0 Å². The summed E-state index contributed by atoms with van der Waals surface area (Å²) in [5, 5.41) is 14.2. The van der Waals surface area contributed by atoms with Gasteiger partial charge in [-0.2, -0.15) is 5.21 Å². The van der Waals surface area contributed by atoms with Crippen LogP contribution in [0, 0.1) is 0 Å². The maximum Gasteiger partial charge on any atom is 0.254 e. The first-order valence-corrected chi connectivity index (χ1v) is 7.75. The molecule has 25 heavy (non-hydrogen) atoms. The zero-order valence-electron chi connectivity index (χ0n) is 13.2. The van der Waals surface area contributed by atoms with Crippen molar-refractivity contribution in [3.8, 4) is 22.5 Å². The molecule has 0 bridgehead atoms. The normalized spacial score (nSPS) is 10.7. The summed E-state index contributed by atoms with van der Waals surface area (Å²) in [7, 11) is 0. The standard InChI is InChI=1S/C18H14N6O/c25-18-14(10-19-11-20-18)9-12-5-7-13(8-6-12)15-3-1-2-4-16(15)17-21-23-24-22-17/h1-8,10-11H,9H2,(H,19,20,25)(H,21,22,23,24). The largest absolute Gasteiger partial charge is 0.313 e. The summed E-state index contributed by atoms with van der Waals surface area (Å²) in [5.41, 5.74) is 4.55. The lowest BCUT2D eigenvalue weighted by atomic mass is 9.97. The van der Waals surface area contributed by atoms with Crippen molar-refractivity contribution in [3.05, 3.63) is 82.5 Å². The highest BCUT2D eigenvalue weighted by molar-refractivity contribution is 5.80. The van der Waals surface area contributed by atoms with Gasteiger partial charge in [0.25, 0.3) is 5.56 Å². The number of hydrogen-bond donors (Lipinski definition) is 2. The van der Waals surface area contributed by atoms with E-state index in [2.05, 4.69) is 30.6 Å². The second-order valence-corrected chi connectivity index (χ2v) is 5.56. The van der Waals surface area contributed by atoms with Gasteiger partial charge in [-0.15, -0.1) is 10.2 Å². The van der Waals surface area contributed by atoms with Crippen LogP contribution in [0.5, 0.6) is 0 Å². The fraction of sp³-hybridized carbons (Fsp3) is 0.0556. The molecule has 2 heterocycles. The van der Waals surface area contributed by atoms with E-state index in [0.29, 0.717) is 17.8 Å². The van der Waals surface area contributed by atoms with Gasteiger partial charge in [-0.1, -0.05) is 48.5 Å². The summed E-state index contributed by atoms with van der Waals surface area (Å²) < 4.78 is 0. The maximum absolute atomic E-state index is 11.8. The van der Waals surface area contributed by atoms with Gasteiger partial charge in [-0.05, 0) is 21.9 Å². The van der Waals surface area contributed by atoms with E-state index in [1.807, 2.05) is 48.5 Å². The van der Waals surface area contributed by atoms with Gasteiger partial charge in [-0.25, -0.2) is 4.98 Å². The first kappa shape index (κ1) is 14.9. The molecule has 0 aliphatic carbocycles. The van der Waals surface area contributed by atoms with Crippen molar-refractivity contribution < 1.29 is 0 Å². The molecule has 0 aliphatic heterocycles. The van der Waals surface area contributed by atoms with E-state index in [9.17, 15) is 4.79 Å². The molecular formula is C18H14N6O. The number of hydrogen-bond acceptors (Lipinski definition) is 5. The minimum Gasteiger partial charge on any atom is -0.313 e. The van der Waals surface area contributed by atoms with E-state index in [4.69, 9.17) is 0 Å². The molecule has 0 fully saturated rings. The summed E-state index contributed by atoms with van der Waals surface area (Å²) in [6.45, 7) is 0. The quantitative estimate of drug-likeness (QED) is 0.597. The van der Waals surface area contributed by atoms with Crippen molar-refractivity contribution in [1.29, 1.82) is 0 Å². The predicted octanol–water partition coefficient (Wildman–Crippen LogP) is 2.21. The van der Waals surface area contributed by atoms with Crippen LogP contribution >= 0.6 is 0 Å². The van der Waals surface area contributed by atoms with Crippen LogP contribution in [-0.4, -0.2) is 30.6 Å². The number of tetrazole rings is 1. The van der Waals surface area contributed by atoms with Gasteiger partial charge in [0.15, 0.2) is 0 Å². The zero-order valence-corrected chi connectivity index (χ0v) is 13.2. The summed E-state index contributed by atoms with van der Waals surface area (Å²) in [6, 6.07) is 16.0. The third-order valence-electron chi connectivity index (χ3n) is 3.97. The Bertz CT molecular complexity index is 1040. The minimum atomic E-state index is -0.110. The van der Waals surface area contributed by atoms with Gasteiger partial charge in [0, 0.05) is 23.7 Å². The molecule has 2 N–H and O–H groups in total. The van der Waals surface area contributed by atoms with Crippen molar-refractivity contribution in [2.45, 2.75) is 6.42 Å². The molecule has 0 amide bonds. The van der Waals surface area contributed by atoms with Crippen LogP contribution in [0.2, 0.25) is 0 Å². The Morgan fingerprint density at radius 1 is 0.960 bits per heavy atom. The van der Waals surface area contributed by atoms with Crippen molar-refractivity contribution in [1.82, 2.24) is 30.6 Å². The Hall–Kier alpha value is -3.61. The van der Waals surface area contributed by atoms with Gasteiger partial charge < -0.3 is 4.98 Å². The molecule has 4 aromatic rings. The van der Waals surface area contributed by atoms with Crippen LogP contribution in [0.25, 0.3) is 22.5 Å². The summed E-state index contributed by atoms with van der Waals surface area (Å²) in [6.07, 6.45) is 3.53. The number of aromatic amines is 2. The first-order valence-electron chi connectivity index (χ1n) is 7.75. The first-order chi connectivity index (χ1) is 12.3. The molecule has 2 aromatic heterocycles. The Morgan fingerprint density at radius 3 is 2.48 bits per heavy atom. The predicted molar refractivity (Wildman–Crippen MR) is 92.7 cm³/mol. The van der Waals surface area contributed by atoms with Gasteiger partial charge >= 0.3 is 0 Å². The lowest BCUT2D eigenvalue weighted by molar-refractivity contribution is 0.881. The van der Waals surface area contributed by atoms with Crippen LogP contribution in [-0.2, 0) is 6.42 Å². The van der Waals surface area contributed by atoms with Crippen molar-refractivity contribution in [2.75, 3.05) is 0 Å². The second kappa shape index (κ2) is 6.48. The molecular weight excluding hydrogens is 316 g/mol. The maximum atomic E-state index is 11.8. The Labute approximate surface area is 142 Å². The molecule has 2 aromatic carbocycles. The van der Waals surface area contributed by atoms with E-state index in [1.54, 1.807) is 6.20 Å². The molecule has 0 spiro atoms. The molecule has 122 valence electrons. The van der Waals surface area contributed by atoms with Gasteiger partial charge in [0.05, 0.1) is 6.33 Å². The fourth-order valence-electron chi connectivity index (χ4n) is 2.73. The topological polar surface area (TPSA) is 100 Å². The number of nitrogens with one attached hydrogen (secondary N) is 2. The number of benzene rings is 2. The van der Waals surface area contributed by atoms with Gasteiger partial charge in [0.2, 0.25) is 5.82 Å². The van der Waals surface area contributed by atoms with E-state index < -0.39 is 0 Å². The highest BCUT2D eigenvalue weighted by Crippen LogP contribution is 2.29. The third-order valence-corrected chi connectivity index (χ3v) is 3.97. The smallest absolute Gasteiger partial charge is 0.254 e. The van der Waals surface area contributed by atoms with Gasteiger partial charge in [0.1, 0.15) is 0 Å². The monoisotopic (exact) mass is 330 g/mol. The fourth-order valence-corrected chi connectivity index (χ4v) is 2.73. The lowest BCUT2D eigenvalue weighted by Crippen LogP contribution is -2.12. The van der Waals surface area contributed by atoms with E-state index >= 15 is 0 Å². The molecule has 7 nitrogen and oxygen atoms in total. The van der Waals surface area contributed by atoms with Crippen LogP contribution in [0.1, 0.15) is 11.1 Å². The number of H-pyrrole nitrogens is 2. The molecule has 0 radical (unpaired) electrons. The molecule has 0 saturated carbocycles. The van der Waals surface area contributed by atoms with E-state index in [0.717, 1.165) is 22.3 Å². The molecule has 0 aliphatic rings. The molecule has 0 unspecified atom stereocenters. The average molecular weight is 330 g/mol. The van der Waals surface area contributed by atoms with Crippen LogP contribution < -0.4 is 5.56 Å². The van der Waals surface area contributed by atoms with Crippen LogP contribution in [0.4, 0.5) is 0 Å². The molecule has 4 rings (SSSR count). The zero-order chi connectivity index (χ0) is 17.1. The SMILES string of the molecule is O=c1[nH]cncc1Cc1ccc(-c2ccccc2-c2nn[nH]n2)cc1. The highest BCUT2D eigenvalue weighted by atomic mass is 16.1. The lowest BCUT2D eigenvalue weighted by Gasteiger charge is -2.08. The number of aromatic nitrogens is 6. The van der Waals surface area contributed by atoms with Crippen LogP contribution in [0.3, 0.4) is 0 Å². The van der Waals surface area contributed by atoms with Crippen LogP contribution in [0.15, 0.2) is 65.8 Å². The average Bonchev–Trinajstić information content (AvgIpc) is 3.19. The summed E-state index contributed by atoms with van der Waals surface area (Å²) in [5.74, 6) is 0.557. The summed E-state index contributed by atoms with van der Waals surface area (Å²) >= 11 is 0. The van der Waals surface area contributed by atoms with Crippen molar-refractivity contribution in [3.63, 3.8) is 0 Å². The Morgan fingerprint density at radius 2 is 1.76 bits per heavy atom.